The number of ether oxygens (including phenoxy) is 1. The highest BCUT2D eigenvalue weighted by Crippen LogP contribution is 2.40. The average molecular weight is 363 g/mol. The van der Waals surface area contributed by atoms with E-state index in [0.717, 1.165) is 5.76 Å². The summed E-state index contributed by atoms with van der Waals surface area (Å²) in [4.78, 5) is 2.42. The molecule has 0 aromatic heterocycles. The zero-order chi connectivity index (χ0) is 18.4. The van der Waals surface area contributed by atoms with E-state index in [1.54, 1.807) is 11.8 Å². The van der Waals surface area contributed by atoms with E-state index in [9.17, 15) is 0 Å². The number of hydrogen-bond acceptors (Lipinski definition) is 2. The van der Waals surface area contributed by atoms with Gasteiger partial charge in [-0.1, -0.05) is 48.2 Å². The van der Waals surface area contributed by atoms with E-state index < -0.39 is 0 Å². The molecule has 1 aromatic carbocycles. The van der Waals surface area contributed by atoms with Gasteiger partial charge in [0.15, 0.2) is 5.71 Å². The van der Waals surface area contributed by atoms with Crippen LogP contribution < -0.4 is 0 Å². The molecule has 132 valence electrons. The number of allylic oxidation sites excluding steroid dienone is 10. The summed E-state index contributed by atoms with van der Waals surface area (Å²) in [6.07, 6.45) is 19.0. The van der Waals surface area contributed by atoms with Crippen molar-refractivity contribution in [2.24, 2.45) is 0 Å². The molecule has 1 aliphatic heterocycles. The van der Waals surface area contributed by atoms with Crippen LogP contribution in [0.1, 0.15) is 12.5 Å². The summed E-state index contributed by atoms with van der Waals surface area (Å²) in [6, 6.07) is 8.38. The van der Waals surface area contributed by atoms with Crippen molar-refractivity contribution in [3.8, 4) is 0 Å². The van der Waals surface area contributed by atoms with E-state index in [4.69, 9.17) is 4.74 Å². The molecule has 26 heavy (non-hydrogen) atoms. The predicted octanol–water partition coefficient (Wildman–Crippen LogP) is 5.38. The number of fused-ring (bicyclic) bond motifs is 1. The summed E-state index contributed by atoms with van der Waals surface area (Å²) in [5.41, 5.74) is 3.57. The van der Waals surface area contributed by atoms with Gasteiger partial charge in [0.2, 0.25) is 0 Å². The lowest BCUT2D eigenvalue weighted by atomic mass is 10.1. The molecule has 0 bridgehead atoms. The van der Waals surface area contributed by atoms with Gasteiger partial charge in [0.1, 0.15) is 19.9 Å². The molecule has 0 spiro atoms. The van der Waals surface area contributed by atoms with Crippen molar-refractivity contribution in [1.82, 2.24) is 0 Å². The number of thioether (sulfide) groups is 1. The van der Waals surface area contributed by atoms with Gasteiger partial charge < -0.3 is 4.74 Å². The van der Waals surface area contributed by atoms with Crippen LogP contribution in [0.4, 0.5) is 0 Å². The van der Waals surface area contributed by atoms with Crippen molar-refractivity contribution in [2.75, 3.05) is 20.7 Å². The van der Waals surface area contributed by atoms with Gasteiger partial charge in [-0.05, 0) is 42.9 Å². The molecular formula is C23H24NOS+. The number of nitrogens with zero attached hydrogens (tertiary/aromatic N) is 1. The van der Waals surface area contributed by atoms with E-state index in [0.29, 0.717) is 6.61 Å². The molecule has 0 amide bonds. The highest BCUT2D eigenvalue weighted by Gasteiger charge is 2.16. The van der Waals surface area contributed by atoms with Gasteiger partial charge in [-0.3, -0.25) is 0 Å². The highest BCUT2D eigenvalue weighted by molar-refractivity contribution is 8.03. The van der Waals surface area contributed by atoms with E-state index >= 15 is 0 Å². The lowest BCUT2D eigenvalue weighted by Crippen LogP contribution is -2.09. The molecule has 2 aliphatic rings. The minimum Gasteiger partial charge on any atom is -0.493 e. The van der Waals surface area contributed by atoms with Crippen LogP contribution in [0, 0.1) is 0 Å². The van der Waals surface area contributed by atoms with Crippen molar-refractivity contribution in [3.63, 3.8) is 0 Å². The van der Waals surface area contributed by atoms with Crippen LogP contribution >= 0.6 is 11.8 Å². The molecule has 0 atom stereocenters. The summed E-state index contributed by atoms with van der Waals surface area (Å²) in [5, 5.41) is 0. The average Bonchev–Trinajstić information content (AvgIpc) is 2.66. The van der Waals surface area contributed by atoms with Crippen LogP contribution in [0.5, 0.6) is 0 Å². The summed E-state index contributed by atoms with van der Waals surface area (Å²) >= 11 is 1.77. The zero-order valence-corrected chi connectivity index (χ0v) is 16.3. The largest absolute Gasteiger partial charge is 0.493 e. The Morgan fingerprint density at radius 2 is 1.73 bits per heavy atom. The van der Waals surface area contributed by atoms with Gasteiger partial charge in [-0.15, -0.1) is 0 Å². The number of benzene rings is 1. The highest BCUT2D eigenvalue weighted by atomic mass is 32.2. The third kappa shape index (κ3) is 4.55. The van der Waals surface area contributed by atoms with Crippen molar-refractivity contribution in [2.45, 2.75) is 11.8 Å². The third-order valence-corrected chi connectivity index (χ3v) is 5.09. The molecule has 3 rings (SSSR count). The van der Waals surface area contributed by atoms with Gasteiger partial charge in [0.25, 0.3) is 0 Å². The molecule has 0 radical (unpaired) electrons. The molecule has 3 heteroatoms. The summed E-state index contributed by atoms with van der Waals surface area (Å²) in [7, 11) is 4.10. The molecule has 1 aliphatic carbocycles. The van der Waals surface area contributed by atoms with Crippen molar-refractivity contribution in [3.05, 3.63) is 95.0 Å². The molecule has 0 fully saturated rings. The van der Waals surface area contributed by atoms with Crippen LogP contribution in [0.25, 0.3) is 5.76 Å². The zero-order valence-electron chi connectivity index (χ0n) is 15.5. The Labute approximate surface area is 160 Å². The van der Waals surface area contributed by atoms with Crippen LogP contribution in [-0.2, 0) is 4.74 Å². The molecule has 2 nitrogen and oxygen atoms in total. The van der Waals surface area contributed by atoms with Gasteiger partial charge in [-0.25, -0.2) is 4.58 Å². The first-order valence-electron chi connectivity index (χ1n) is 8.78. The minimum atomic E-state index is 0.671. The van der Waals surface area contributed by atoms with Crippen molar-refractivity contribution in [1.29, 1.82) is 0 Å². The lowest BCUT2D eigenvalue weighted by Gasteiger charge is -2.18. The summed E-state index contributed by atoms with van der Waals surface area (Å²) in [6.45, 7) is 2.69. The first kappa shape index (κ1) is 18.3. The maximum Gasteiger partial charge on any atom is 0.199 e. The summed E-state index contributed by atoms with van der Waals surface area (Å²) < 4.78 is 7.92. The van der Waals surface area contributed by atoms with E-state index in [1.807, 2.05) is 6.92 Å². The van der Waals surface area contributed by atoms with E-state index in [2.05, 4.69) is 97.6 Å². The molecule has 0 N–H and O–H groups in total. The Balaban J connectivity index is 1.73. The molecule has 1 aromatic rings. The third-order valence-electron chi connectivity index (χ3n) is 4.02. The van der Waals surface area contributed by atoms with Crippen molar-refractivity contribution < 1.29 is 9.31 Å². The van der Waals surface area contributed by atoms with Crippen LogP contribution in [0.3, 0.4) is 0 Å². The first-order valence-corrected chi connectivity index (χ1v) is 9.60. The van der Waals surface area contributed by atoms with Gasteiger partial charge in [0, 0.05) is 27.5 Å². The molecular weight excluding hydrogens is 338 g/mol. The predicted molar refractivity (Wildman–Crippen MR) is 113 cm³/mol. The second-order valence-corrected chi connectivity index (χ2v) is 7.26. The maximum atomic E-state index is 5.82. The molecule has 0 unspecified atom stereocenters. The van der Waals surface area contributed by atoms with Gasteiger partial charge in [-0.2, -0.15) is 0 Å². The quantitative estimate of drug-likeness (QED) is 0.667. The van der Waals surface area contributed by atoms with Gasteiger partial charge in [0.05, 0.1) is 6.61 Å². The topological polar surface area (TPSA) is 12.2 Å². The fraction of sp³-hybridized carbons (Fsp3) is 0.174. The second kappa shape index (κ2) is 8.72. The molecule has 0 saturated carbocycles. The normalized spacial score (nSPS) is 17.5. The minimum absolute atomic E-state index is 0.671. The smallest absolute Gasteiger partial charge is 0.199 e. The Kier molecular flexibility index (Phi) is 6.13. The van der Waals surface area contributed by atoms with Crippen LogP contribution in [0.2, 0.25) is 0 Å². The summed E-state index contributed by atoms with van der Waals surface area (Å²) in [5.74, 6) is 0.949. The van der Waals surface area contributed by atoms with Crippen molar-refractivity contribution >= 4 is 23.2 Å². The van der Waals surface area contributed by atoms with Crippen LogP contribution in [-0.4, -0.2) is 31.0 Å². The number of hydrogen-bond donors (Lipinski definition) is 0. The van der Waals surface area contributed by atoms with E-state index in [1.165, 1.54) is 26.6 Å². The Morgan fingerprint density at radius 1 is 1.00 bits per heavy atom. The fourth-order valence-corrected chi connectivity index (χ4v) is 3.67. The van der Waals surface area contributed by atoms with Crippen LogP contribution in [0.15, 0.2) is 94.3 Å². The Morgan fingerprint density at radius 3 is 2.46 bits per heavy atom. The Hall–Kier alpha value is -2.52. The lowest BCUT2D eigenvalue weighted by molar-refractivity contribution is -0.462. The van der Waals surface area contributed by atoms with Gasteiger partial charge >= 0.3 is 0 Å². The van der Waals surface area contributed by atoms with E-state index in [-0.39, 0.29) is 0 Å². The maximum absolute atomic E-state index is 5.82. The fourth-order valence-electron chi connectivity index (χ4n) is 2.68. The SMILES string of the molecule is CCOC1=C/C(=C\C=C\C=C2C=CC(=[N+](C)C)C=C2)Sc2ccccc21. The monoisotopic (exact) mass is 362 g/mol. The Bertz CT molecular complexity index is 873. The standard InChI is InChI=1S/C23H24NOS/c1-4-25-22-17-20(26-23-12-8-7-11-21(22)23)10-6-5-9-18-13-15-19(16-14-18)24(2)3/h5-17H,4H2,1-3H3/q+1/b6-5+,20-10+. The second-order valence-electron chi connectivity index (χ2n) is 6.15. The first-order chi connectivity index (χ1) is 12.7. The molecule has 0 saturated heterocycles. The number of rotatable bonds is 4. The molecule has 1 heterocycles.